The Bertz CT molecular complexity index is 268. The molecule has 0 saturated heterocycles. The fourth-order valence-electron chi connectivity index (χ4n) is 2.99. The molecular weight excluding hydrogens is 202 g/mol. The highest BCUT2D eigenvalue weighted by molar-refractivity contribution is 5.75. The Morgan fingerprint density at radius 2 is 1.62 bits per heavy atom. The van der Waals surface area contributed by atoms with Crippen LogP contribution in [0.1, 0.15) is 41.5 Å². The van der Waals surface area contributed by atoms with E-state index in [1.165, 1.54) is 0 Å². The molecule has 0 aliphatic heterocycles. The van der Waals surface area contributed by atoms with Crippen molar-refractivity contribution >= 4 is 6.03 Å². The number of rotatable bonds is 2. The van der Waals surface area contributed by atoms with Gasteiger partial charge < -0.3 is 16.4 Å². The molecule has 4 nitrogen and oxygen atoms in total. The molecule has 0 aromatic rings. The van der Waals surface area contributed by atoms with E-state index in [4.69, 9.17) is 5.73 Å². The monoisotopic (exact) mass is 227 g/mol. The predicted molar refractivity (Wildman–Crippen MR) is 66.1 cm³/mol. The van der Waals surface area contributed by atoms with Crippen LogP contribution in [0.4, 0.5) is 4.79 Å². The van der Waals surface area contributed by atoms with Crippen LogP contribution in [0.15, 0.2) is 0 Å². The van der Waals surface area contributed by atoms with Gasteiger partial charge in [-0.05, 0) is 13.8 Å². The molecule has 0 bridgehead atoms. The third-order valence-corrected chi connectivity index (χ3v) is 3.79. The molecule has 4 heteroatoms. The molecule has 94 valence electrons. The third-order valence-electron chi connectivity index (χ3n) is 3.79. The van der Waals surface area contributed by atoms with E-state index in [1.807, 2.05) is 13.8 Å². The van der Waals surface area contributed by atoms with E-state index in [-0.39, 0.29) is 35.0 Å². The minimum Gasteiger partial charge on any atom is -0.336 e. The zero-order valence-corrected chi connectivity index (χ0v) is 11.2. The average molecular weight is 227 g/mol. The molecule has 0 aromatic heterocycles. The van der Waals surface area contributed by atoms with Gasteiger partial charge in [0.2, 0.25) is 0 Å². The Balaban J connectivity index is 2.64. The Hall–Kier alpha value is -0.770. The number of hydrogen-bond donors (Lipinski definition) is 3. The van der Waals surface area contributed by atoms with E-state index < -0.39 is 0 Å². The lowest BCUT2D eigenvalue weighted by atomic mass is 9.48. The predicted octanol–water partition coefficient (Wildman–Crippen LogP) is 1.46. The molecule has 4 N–H and O–H groups in total. The second-order valence-corrected chi connectivity index (χ2v) is 6.33. The summed E-state index contributed by atoms with van der Waals surface area (Å²) in [5, 5.41) is 5.87. The van der Waals surface area contributed by atoms with Gasteiger partial charge in [0.1, 0.15) is 0 Å². The van der Waals surface area contributed by atoms with Crippen molar-refractivity contribution in [3.05, 3.63) is 0 Å². The van der Waals surface area contributed by atoms with Gasteiger partial charge in [-0.3, -0.25) is 0 Å². The Morgan fingerprint density at radius 1 is 1.19 bits per heavy atom. The van der Waals surface area contributed by atoms with Crippen molar-refractivity contribution in [1.82, 2.24) is 10.6 Å². The first-order chi connectivity index (χ1) is 7.10. The first-order valence-corrected chi connectivity index (χ1v) is 5.92. The van der Waals surface area contributed by atoms with Crippen molar-refractivity contribution in [2.24, 2.45) is 16.6 Å². The van der Waals surface area contributed by atoms with Gasteiger partial charge in [0, 0.05) is 29.0 Å². The standard InChI is InChI=1S/C12H25N3O/c1-7(2)14-10(16)15-9-11(3,4)8(13)12(9,5)6/h7-9H,13H2,1-6H3,(H2,14,15,16). The van der Waals surface area contributed by atoms with Crippen LogP contribution >= 0.6 is 0 Å². The van der Waals surface area contributed by atoms with Gasteiger partial charge in [-0.25, -0.2) is 4.79 Å². The van der Waals surface area contributed by atoms with E-state index in [1.54, 1.807) is 0 Å². The van der Waals surface area contributed by atoms with Crippen molar-refractivity contribution in [2.45, 2.75) is 59.7 Å². The number of amides is 2. The molecule has 1 fully saturated rings. The minimum absolute atomic E-state index is 0.0438. The second-order valence-electron chi connectivity index (χ2n) is 6.33. The van der Waals surface area contributed by atoms with Crippen LogP contribution in [0.2, 0.25) is 0 Å². The number of carbonyl (C=O) groups excluding carboxylic acids is 1. The van der Waals surface area contributed by atoms with Gasteiger partial charge in [-0.2, -0.15) is 0 Å². The van der Waals surface area contributed by atoms with Crippen molar-refractivity contribution in [1.29, 1.82) is 0 Å². The summed E-state index contributed by atoms with van der Waals surface area (Å²) in [5.41, 5.74) is 6.04. The molecule has 0 heterocycles. The smallest absolute Gasteiger partial charge is 0.315 e. The molecule has 0 aromatic carbocycles. The SMILES string of the molecule is CC(C)NC(=O)NC1C(C)(C)C(N)C1(C)C. The van der Waals surface area contributed by atoms with E-state index in [2.05, 4.69) is 38.3 Å². The first-order valence-electron chi connectivity index (χ1n) is 5.92. The number of nitrogens with two attached hydrogens (primary N) is 1. The zero-order chi connectivity index (χ0) is 12.7. The highest BCUT2D eigenvalue weighted by Gasteiger charge is 2.60. The van der Waals surface area contributed by atoms with Gasteiger partial charge in [0.05, 0.1) is 0 Å². The molecule has 1 aliphatic rings. The van der Waals surface area contributed by atoms with E-state index in [0.29, 0.717) is 0 Å². The van der Waals surface area contributed by atoms with Gasteiger partial charge >= 0.3 is 6.03 Å². The average Bonchev–Trinajstić information content (AvgIpc) is 2.11. The lowest BCUT2D eigenvalue weighted by molar-refractivity contribution is -0.0646. The Labute approximate surface area is 98.3 Å². The first kappa shape index (κ1) is 13.3. The maximum absolute atomic E-state index is 11.7. The quantitative estimate of drug-likeness (QED) is 0.668. The summed E-state index contributed by atoms with van der Waals surface area (Å²) in [6.07, 6.45) is 0. The molecule has 0 atom stereocenters. The zero-order valence-electron chi connectivity index (χ0n) is 11.2. The van der Waals surface area contributed by atoms with Crippen molar-refractivity contribution in [3.8, 4) is 0 Å². The third kappa shape index (κ3) is 2.03. The van der Waals surface area contributed by atoms with Gasteiger partial charge in [0.25, 0.3) is 0 Å². The highest BCUT2D eigenvalue weighted by Crippen LogP contribution is 2.52. The molecule has 0 spiro atoms. The molecule has 1 rings (SSSR count). The molecular formula is C12H25N3O. The number of nitrogens with one attached hydrogen (secondary N) is 2. The lowest BCUT2D eigenvalue weighted by Crippen LogP contribution is -2.76. The summed E-state index contributed by atoms with van der Waals surface area (Å²) >= 11 is 0. The normalized spacial score (nSPS) is 30.8. The summed E-state index contributed by atoms with van der Waals surface area (Å²) in [6, 6.07) is 0.283. The topological polar surface area (TPSA) is 67.2 Å². The second kappa shape index (κ2) is 3.91. The lowest BCUT2D eigenvalue weighted by Gasteiger charge is -2.62. The van der Waals surface area contributed by atoms with Crippen LogP contribution in [0, 0.1) is 10.8 Å². The molecule has 1 saturated carbocycles. The maximum atomic E-state index is 11.7. The van der Waals surface area contributed by atoms with Gasteiger partial charge in [-0.1, -0.05) is 27.7 Å². The van der Waals surface area contributed by atoms with Gasteiger partial charge in [0.15, 0.2) is 0 Å². The number of urea groups is 1. The largest absolute Gasteiger partial charge is 0.336 e. The van der Waals surface area contributed by atoms with Crippen LogP contribution in [0.3, 0.4) is 0 Å². The molecule has 0 unspecified atom stereocenters. The maximum Gasteiger partial charge on any atom is 0.315 e. The van der Waals surface area contributed by atoms with E-state index in [0.717, 1.165) is 0 Å². The van der Waals surface area contributed by atoms with Crippen LogP contribution in [-0.2, 0) is 0 Å². The van der Waals surface area contributed by atoms with Crippen molar-refractivity contribution in [2.75, 3.05) is 0 Å². The number of carbonyl (C=O) groups is 1. The molecule has 2 amide bonds. The summed E-state index contributed by atoms with van der Waals surface area (Å²) in [5.74, 6) is 0. The van der Waals surface area contributed by atoms with Crippen molar-refractivity contribution < 1.29 is 4.79 Å². The summed E-state index contributed by atoms with van der Waals surface area (Å²) in [6.45, 7) is 12.3. The van der Waals surface area contributed by atoms with E-state index in [9.17, 15) is 4.79 Å². The Morgan fingerprint density at radius 3 is 2.00 bits per heavy atom. The highest BCUT2D eigenvalue weighted by atomic mass is 16.2. The molecule has 1 aliphatic carbocycles. The van der Waals surface area contributed by atoms with Crippen LogP contribution in [0.25, 0.3) is 0 Å². The van der Waals surface area contributed by atoms with E-state index >= 15 is 0 Å². The molecule has 16 heavy (non-hydrogen) atoms. The summed E-state index contributed by atoms with van der Waals surface area (Å²) < 4.78 is 0. The van der Waals surface area contributed by atoms with Crippen molar-refractivity contribution in [3.63, 3.8) is 0 Å². The van der Waals surface area contributed by atoms with Gasteiger partial charge in [-0.15, -0.1) is 0 Å². The minimum atomic E-state index is -0.104. The van der Waals surface area contributed by atoms with Crippen LogP contribution in [-0.4, -0.2) is 24.2 Å². The van der Waals surface area contributed by atoms with Crippen LogP contribution in [0.5, 0.6) is 0 Å². The summed E-state index contributed by atoms with van der Waals surface area (Å²) in [7, 11) is 0. The summed E-state index contributed by atoms with van der Waals surface area (Å²) in [4.78, 5) is 11.7. The van der Waals surface area contributed by atoms with Crippen LogP contribution < -0.4 is 16.4 Å². The fourth-order valence-corrected chi connectivity index (χ4v) is 2.99. The fraction of sp³-hybridized carbons (Fsp3) is 0.917. The molecule has 0 radical (unpaired) electrons. The Kier molecular flexibility index (Phi) is 3.25. The number of hydrogen-bond acceptors (Lipinski definition) is 2.